The van der Waals surface area contributed by atoms with Crippen molar-refractivity contribution in [2.75, 3.05) is 82.5 Å². The fourth-order valence-electron chi connectivity index (χ4n) is 4.30. The molecule has 1 unspecified atom stereocenters. The van der Waals surface area contributed by atoms with E-state index in [-0.39, 0.29) is 29.5 Å². The molecule has 3 fully saturated rings. The molecule has 0 amide bonds. The summed E-state index contributed by atoms with van der Waals surface area (Å²) in [6.45, 7) is 9.00. The Balaban J connectivity index is 0.00000225. The van der Waals surface area contributed by atoms with E-state index >= 15 is 0 Å². The van der Waals surface area contributed by atoms with Gasteiger partial charge >= 0.3 is 0 Å². The van der Waals surface area contributed by atoms with Gasteiger partial charge in [0.25, 0.3) is 0 Å². The van der Waals surface area contributed by atoms with Crippen LogP contribution in [-0.2, 0) is 4.74 Å². The Morgan fingerprint density at radius 3 is 2.61 bits per heavy atom. The molecule has 4 rings (SSSR count). The molecular weight excluding hydrogens is 505 g/mol. The van der Waals surface area contributed by atoms with Crippen LogP contribution in [-0.4, -0.2) is 98.9 Å². The van der Waals surface area contributed by atoms with Gasteiger partial charge in [-0.1, -0.05) is 0 Å². The highest BCUT2D eigenvalue weighted by Crippen LogP contribution is 2.33. The van der Waals surface area contributed by atoms with Crippen molar-refractivity contribution in [1.82, 2.24) is 15.1 Å². The van der Waals surface area contributed by atoms with E-state index in [1.54, 1.807) is 0 Å². The molecule has 0 bridgehead atoms. The summed E-state index contributed by atoms with van der Waals surface area (Å²) < 4.78 is 5.58. The lowest BCUT2D eigenvalue weighted by Crippen LogP contribution is -2.61. The van der Waals surface area contributed by atoms with E-state index < -0.39 is 0 Å². The molecule has 1 N–H and O–H groups in total. The van der Waals surface area contributed by atoms with Crippen molar-refractivity contribution in [3.05, 3.63) is 17.5 Å². The van der Waals surface area contributed by atoms with E-state index in [0.717, 1.165) is 65.0 Å². The van der Waals surface area contributed by atoms with Crippen LogP contribution in [0.25, 0.3) is 0 Å². The summed E-state index contributed by atoms with van der Waals surface area (Å²) >= 11 is 3.92. The third kappa shape index (κ3) is 5.08. The van der Waals surface area contributed by atoms with Crippen LogP contribution in [0.1, 0.15) is 6.42 Å². The Hall–Kier alpha value is -0.230. The van der Waals surface area contributed by atoms with E-state index in [9.17, 15) is 0 Å². The number of hydrogen-bond donors (Lipinski definition) is 1. The average molecular weight is 538 g/mol. The minimum atomic E-state index is 0. The number of morpholine rings is 1. The van der Waals surface area contributed by atoms with Crippen LogP contribution < -0.4 is 10.2 Å². The maximum Gasteiger partial charge on any atom is 0.193 e. The molecule has 3 saturated heterocycles. The number of nitrogens with one attached hydrogen (secondary N) is 1. The number of anilines is 1. The largest absolute Gasteiger partial charge is 0.379 e. The maximum absolute atomic E-state index is 5.58. The number of ether oxygens (including phenoxy) is 1. The van der Waals surface area contributed by atoms with E-state index in [1.807, 2.05) is 18.4 Å². The summed E-state index contributed by atoms with van der Waals surface area (Å²) in [7, 11) is 1.92. The first-order chi connectivity index (χ1) is 13.3. The number of thioether (sulfide) groups is 1. The SMILES string of the molecule is CN=C(NCC1(N2CCOCC2)CCSC1)N1CCN(c2cccs2)CC1.I. The third-order valence-electron chi connectivity index (χ3n) is 5.95. The summed E-state index contributed by atoms with van der Waals surface area (Å²) in [6, 6.07) is 4.36. The molecule has 3 aliphatic rings. The van der Waals surface area contributed by atoms with E-state index in [0.29, 0.717) is 0 Å². The molecule has 158 valence electrons. The minimum Gasteiger partial charge on any atom is -0.379 e. The number of guanidine groups is 1. The number of halogens is 1. The summed E-state index contributed by atoms with van der Waals surface area (Å²) in [5, 5.41) is 7.27. The van der Waals surface area contributed by atoms with Crippen LogP contribution >= 0.6 is 47.1 Å². The second-order valence-electron chi connectivity index (χ2n) is 7.45. The first-order valence-electron chi connectivity index (χ1n) is 9.95. The van der Waals surface area contributed by atoms with Crippen molar-refractivity contribution in [2.45, 2.75) is 12.0 Å². The average Bonchev–Trinajstić information content (AvgIpc) is 3.43. The highest BCUT2D eigenvalue weighted by molar-refractivity contribution is 14.0. The second kappa shape index (κ2) is 10.7. The normalized spacial score (nSPS) is 27.0. The standard InChI is InChI=1S/C19H31N5OS2.HI/c1-20-18(23-7-5-22(6-8-23)17-3-2-13-27-17)21-15-19(4-14-26-16-19)24-9-11-25-12-10-24;/h2-3,13H,4-12,14-16H2,1H3,(H,20,21);1H. The first-order valence-corrected chi connectivity index (χ1v) is 12.0. The second-order valence-corrected chi connectivity index (χ2v) is 9.48. The molecular formula is C19H32IN5OS2. The van der Waals surface area contributed by atoms with E-state index in [1.165, 1.54) is 22.9 Å². The fraction of sp³-hybridized carbons (Fsp3) is 0.737. The van der Waals surface area contributed by atoms with Gasteiger partial charge in [-0.2, -0.15) is 11.8 Å². The minimum absolute atomic E-state index is 0. The van der Waals surface area contributed by atoms with Crippen LogP contribution in [0.15, 0.2) is 22.5 Å². The number of thiophene rings is 1. The lowest BCUT2D eigenvalue weighted by atomic mass is 9.95. The van der Waals surface area contributed by atoms with Crippen molar-refractivity contribution in [3.63, 3.8) is 0 Å². The molecule has 1 aromatic heterocycles. The van der Waals surface area contributed by atoms with Crippen molar-refractivity contribution < 1.29 is 4.74 Å². The lowest BCUT2D eigenvalue weighted by molar-refractivity contribution is -0.0121. The number of aliphatic imine (C=N–C) groups is 1. The molecule has 1 atom stereocenters. The molecule has 3 aliphatic heterocycles. The van der Waals surface area contributed by atoms with Gasteiger partial charge in [0.05, 0.1) is 18.2 Å². The number of rotatable bonds is 4. The van der Waals surface area contributed by atoms with Gasteiger partial charge in [0, 0.05) is 64.2 Å². The molecule has 0 spiro atoms. The summed E-state index contributed by atoms with van der Waals surface area (Å²) in [6.07, 6.45) is 1.26. The van der Waals surface area contributed by atoms with E-state index in [4.69, 9.17) is 4.74 Å². The molecule has 1 aromatic rings. The van der Waals surface area contributed by atoms with Crippen LogP contribution in [0.4, 0.5) is 5.00 Å². The Morgan fingerprint density at radius 2 is 2.00 bits per heavy atom. The molecule has 0 saturated carbocycles. The third-order valence-corrected chi connectivity index (χ3v) is 8.11. The van der Waals surface area contributed by atoms with Crippen LogP contribution in [0.5, 0.6) is 0 Å². The smallest absolute Gasteiger partial charge is 0.193 e. The number of hydrogen-bond acceptors (Lipinski definition) is 6. The van der Waals surface area contributed by atoms with Crippen molar-refractivity contribution in [3.8, 4) is 0 Å². The summed E-state index contributed by atoms with van der Waals surface area (Å²) in [5.74, 6) is 3.53. The molecule has 0 radical (unpaired) electrons. The lowest BCUT2D eigenvalue weighted by Gasteiger charge is -2.44. The topological polar surface area (TPSA) is 43.3 Å². The summed E-state index contributed by atoms with van der Waals surface area (Å²) in [5.41, 5.74) is 0.253. The predicted molar refractivity (Wildman–Crippen MR) is 132 cm³/mol. The predicted octanol–water partition coefficient (Wildman–Crippen LogP) is 2.27. The zero-order valence-electron chi connectivity index (χ0n) is 16.6. The maximum atomic E-state index is 5.58. The van der Waals surface area contributed by atoms with Crippen molar-refractivity contribution >= 4 is 58.0 Å². The van der Waals surface area contributed by atoms with Crippen molar-refractivity contribution in [2.24, 2.45) is 4.99 Å². The van der Waals surface area contributed by atoms with Gasteiger partial charge in [-0.15, -0.1) is 35.3 Å². The zero-order chi connectivity index (χ0) is 18.5. The quantitative estimate of drug-likeness (QED) is 0.361. The van der Waals surface area contributed by atoms with Gasteiger partial charge in [-0.05, 0) is 29.7 Å². The Morgan fingerprint density at radius 1 is 1.21 bits per heavy atom. The molecule has 0 aromatic carbocycles. The van der Waals surface area contributed by atoms with Crippen LogP contribution in [0.2, 0.25) is 0 Å². The number of piperazine rings is 1. The fourth-order valence-corrected chi connectivity index (χ4v) is 6.56. The van der Waals surface area contributed by atoms with Gasteiger partial charge in [-0.25, -0.2) is 0 Å². The number of nitrogens with zero attached hydrogens (tertiary/aromatic N) is 4. The summed E-state index contributed by atoms with van der Waals surface area (Å²) in [4.78, 5) is 12.2. The zero-order valence-corrected chi connectivity index (χ0v) is 20.6. The van der Waals surface area contributed by atoms with Crippen LogP contribution in [0, 0.1) is 0 Å². The van der Waals surface area contributed by atoms with Gasteiger partial charge in [-0.3, -0.25) is 9.89 Å². The molecule has 4 heterocycles. The Kier molecular flexibility index (Phi) is 8.58. The van der Waals surface area contributed by atoms with Gasteiger partial charge in [0.2, 0.25) is 0 Å². The first kappa shape index (κ1) is 22.5. The Bertz CT molecular complexity index is 610. The van der Waals surface area contributed by atoms with Gasteiger partial charge in [0.15, 0.2) is 5.96 Å². The highest BCUT2D eigenvalue weighted by Gasteiger charge is 2.41. The van der Waals surface area contributed by atoms with Crippen molar-refractivity contribution in [1.29, 1.82) is 0 Å². The molecule has 9 heteroatoms. The van der Waals surface area contributed by atoms with Crippen LogP contribution in [0.3, 0.4) is 0 Å². The molecule has 28 heavy (non-hydrogen) atoms. The Labute approximate surface area is 194 Å². The molecule has 0 aliphatic carbocycles. The molecule has 6 nitrogen and oxygen atoms in total. The van der Waals surface area contributed by atoms with Gasteiger partial charge < -0.3 is 19.9 Å². The van der Waals surface area contributed by atoms with Gasteiger partial charge in [0.1, 0.15) is 0 Å². The van der Waals surface area contributed by atoms with E-state index in [2.05, 4.69) is 54.3 Å². The highest BCUT2D eigenvalue weighted by atomic mass is 127. The monoisotopic (exact) mass is 537 g/mol.